The zero-order valence-electron chi connectivity index (χ0n) is 24.5. The Balaban J connectivity index is 1.76. The fourth-order valence-corrected chi connectivity index (χ4v) is 4.45. The number of ether oxygens (including phenoxy) is 1. The van der Waals surface area contributed by atoms with Crippen LogP contribution in [0.3, 0.4) is 0 Å². The molecule has 238 valence electrons. The molecule has 0 bridgehead atoms. The molecule has 0 radical (unpaired) electrons. The van der Waals surface area contributed by atoms with Gasteiger partial charge in [0.2, 0.25) is 5.43 Å². The Morgan fingerprint density at radius 1 is 1.05 bits per heavy atom. The molecule has 1 aliphatic carbocycles. The van der Waals surface area contributed by atoms with E-state index in [0.717, 1.165) is 0 Å². The van der Waals surface area contributed by atoms with Crippen LogP contribution in [0.1, 0.15) is 57.8 Å². The van der Waals surface area contributed by atoms with Crippen molar-refractivity contribution >= 4 is 28.9 Å². The van der Waals surface area contributed by atoms with Crippen LogP contribution in [0.2, 0.25) is 0 Å². The van der Waals surface area contributed by atoms with Gasteiger partial charge in [0.25, 0.3) is 5.91 Å². The van der Waals surface area contributed by atoms with Crippen molar-refractivity contribution in [3.8, 4) is 5.69 Å². The summed E-state index contributed by atoms with van der Waals surface area (Å²) >= 11 is 0. The van der Waals surface area contributed by atoms with Gasteiger partial charge in [-0.15, -0.1) is 0 Å². The van der Waals surface area contributed by atoms with Gasteiger partial charge in [-0.3, -0.25) is 14.2 Å². The van der Waals surface area contributed by atoms with Crippen LogP contribution in [-0.2, 0) is 4.74 Å². The first-order valence-electron chi connectivity index (χ1n) is 13.6. The molecular weight excluding hydrogens is 596 g/mol. The summed E-state index contributed by atoms with van der Waals surface area (Å²) in [6, 6.07) is 0.985. The molecule has 9 nitrogen and oxygen atoms in total. The van der Waals surface area contributed by atoms with Crippen LogP contribution in [0.4, 0.5) is 37.0 Å². The number of amides is 2. The van der Waals surface area contributed by atoms with E-state index in [0.29, 0.717) is 22.9 Å². The van der Waals surface area contributed by atoms with E-state index in [1.165, 1.54) is 12.1 Å². The zero-order chi connectivity index (χ0) is 32.8. The fourth-order valence-electron chi connectivity index (χ4n) is 4.45. The number of halogens is 6. The van der Waals surface area contributed by atoms with Gasteiger partial charge in [-0.25, -0.2) is 22.9 Å². The molecule has 3 aromatic rings. The van der Waals surface area contributed by atoms with Crippen molar-refractivity contribution in [3.05, 3.63) is 63.7 Å². The summed E-state index contributed by atoms with van der Waals surface area (Å²) in [5, 5.41) is 7.09. The van der Waals surface area contributed by atoms with Crippen molar-refractivity contribution in [1.29, 1.82) is 0 Å². The maximum Gasteiger partial charge on any atom is 0.408 e. The molecule has 1 aromatic carbocycles. The third-order valence-corrected chi connectivity index (χ3v) is 6.60. The lowest BCUT2D eigenvalue weighted by Gasteiger charge is -2.29. The number of nitrogens with one attached hydrogen (secondary N) is 3. The van der Waals surface area contributed by atoms with Gasteiger partial charge in [-0.05, 0) is 65.5 Å². The first-order chi connectivity index (χ1) is 20.3. The predicted molar refractivity (Wildman–Crippen MR) is 149 cm³/mol. The summed E-state index contributed by atoms with van der Waals surface area (Å²) < 4.78 is 90.4. The van der Waals surface area contributed by atoms with Gasteiger partial charge >= 0.3 is 12.3 Å². The summed E-state index contributed by atoms with van der Waals surface area (Å²) in [4.78, 5) is 42.8. The second kappa shape index (κ2) is 11.7. The van der Waals surface area contributed by atoms with E-state index in [9.17, 15) is 40.7 Å². The number of pyridine rings is 2. The van der Waals surface area contributed by atoms with Crippen molar-refractivity contribution < 1.29 is 40.7 Å². The Hall–Kier alpha value is -4.30. The van der Waals surface area contributed by atoms with Crippen molar-refractivity contribution in [1.82, 2.24) is 20.2 Å². The number of fused-ring (bicyclic) bond motifs is 1. The lowest BCUT2D eigenvalue weighted by atomic mass is 10.1. The van der Waals surface area contributed by atoms with Crippen LogP contribution in [0.5, 0.6) is 0 Å². The largest absolute Gasteiger partial charge is 0.444 e. The molecule has 1 aliphatic rings. The molecule has 1 fully saturated rings. The SMILES string of the molecule is CC(C)(CNc1ccc2c(=O)c(C(=O)NC(C3CC3)C(F)(F)F)cn(-c3c(F)cc(F)cc3F)c2n1)NC(=O)OC(C)(C)C. The molecule has 15 heteroatoms. The number of alkyl carbamates (subject to hydrolysis) is 1. The number of carbonyl (C=O) groups is 2. The summed E-state index contributed by atoms with van der Waals surface area (Å²) in [5.74, 6) is -6.30. The molecule has 1 unspecified atom stereocenters. The predicted octanol–water partition coefficient (Wildman–Crippen LogP) is 5.59. The lowest BCUT2D eigenvalue weighted by molar-refractivity contribution is -0.158. The second-order valence-corrected chi connectivity index (χ2v) is 12.2. The Morgan fingerprint density at radius 2 is 1.66 bits per heavy atom. The topological polar surface area (TPSA) is 114 Å². The van der Waals surface area contributed by atoms with Gasteiger partial charge in [0.1, 0.15) is 34.5 Å². The smallest absolute Gasteiger partial charge is 0.408 e. The normalized spacial score (nSPS) is 14.7. The molecular formula is C29H31F6N5O4. The number of nitrogens with zero attached hydrogens (tertiary/aromatic N) is 2. The highest BCUT2D eigenvalue weighted by atomic mass is 19.4. The molecule has 2 amide bonds. The third-order valence-electron chi connectivity index (χ3n) is 6.60. The summed E-state index contributed by atoms with van der Waals surface area (Å²) in [5.41, 5.74) is -4.83. The van der Waals surface area contributed by atoms with Gasteiger partial charge in [0.15, 0.2) is 17.3 Å². The molecule has 0 saturated heterocycles. The van der Waals surface area contributed by atoms with E-state index in [1.54, 1.807) is 34.6 Å². The quantitative estimate of drug-likeness (QED) is 0.281. The molecule has 2 heterocycles. The molecule has 0 spiro atoms. The Morgan fingerprint density at radius 3 is 2.20 bits per heavy atom. The first-order valence-corrected chi connectivity index (χ1v) is 13.6. The number of aromatic nitrogens is 2. The van der Waals surface area contributed by atoms with Gasteiger partial charge < -0.3 is 20.7 Å². The minimum atomic E-state index is -4.80. The zero-order valence-corrected chi connectivity index (χ0v) is 24.5. The molecule has 2 aromatic heterocycles. The van der Waals surface area contributed by atoms with Gasteiger partial charge in [0, 0.05) is 24.9 Å². The van der Waals surface area contributed by atoms with E-state index in [1.807, 2.05) is 5.32 Å². The number of alkyl halides is 3. The molecule has 1 saturated carbocycles. The second-order valence-electron chi connectivity index (χ2n) is 12.2. The van der Waals surface area contributed by atoms with E-state index in [4.69, 9.17) is 4.74 Å². The lowest BCUT2D eigenvalue weighted by Crippen LogP contribution is -2.50. The van der Waals surface area contributed by atoms with Crippen LogP contribution in [-0.4, -0.2) is 51.5 Å². The van der Waals surface area contributed by atoms with Crippen LogP contribution >= 0.6 is 0 Å². The molecule has 3 N–H and O–H groups in total. The average molecular weight is 628 g/mol. The van der Waals surface area contributed by atoms with Crippen molar-refractivity contribution in [2.24, 2.45) is 5.92 Å². The van der Waals surface area contributed by atoms with Crippen molar-refractivity contribution in [3.63, 3.8) is 0 Å². The number of carbonyl (C=O) groups excluding carboxylic acids is 2. The van der Waals surface area contributed by atoms with Crippen LogP contribution in [0.15, 0.2) is 35.3 Å². The Kier molecular flexibility index (Phi) is 8.64. The summed E-state index contributed by atoms with van der Waals surface area (Å²) in [6.07, 6.45) is -4.36. The fraction of sp³-hybridized carbons (Fsp3) is 0.448. The maximum atomic E-state index is 15.0. The number of hydrogen-bond donors (Lipinski definition) is 3. The van der Waals surface area contributed by atoms with Gasteiger partial charge in [-0.2, -0.15) is 13.2 Å². The third kappa shape index (κ3) is 7.61. The summed E-state index contributed by atoms with van der Waals surface area (Å²) in [7, 11) is 0. The van der Waals surface area contributed by atoms with E-state index in [2.05, 4.69) is 15.6 Å². The van der Waals surface area contributed by atoms with E-state index < -0.39 is 75.4 Å². The number of hydrogen-bond acceptors (Lipinski definition) is 6. The van der Waals surface area contributed by atoms with Crippen molar-refractivity contribution in [2.45, 2.75) is 70.8 Å². The summed E-state index contributed by atoms with van der Waals surface area (Å²) in [6.45, 7) is 8.48. The Labute approximate surface area is 248 Å². The van der Waals surface area contributed by atoms with Crippen LogP contribution < -0.4 is 21.4 Å². The van der Waals surface area contributed by atoms with Gasteiger partial charge in [-0.1, -0.05) is 0 Å². The highest BCUT2D eigenvalue weighted by Gasteiger charge is 2.50. The first kappa shape index (κ1) is 32.6. The standard InChI is InChI=1S/C29H31F6N5O4/c1-27(2,3)44-26(43)39-28(4,5)13-36-20-9-8-16-22(41)17(25(42)38-23(14-6-7-14)29(33,34)35)12-40(24(16)37-20)21-18(31)10-15(30)11-19(21)32/h8-12,14,23H,6-7,13H2,1-5H3,(H,36,37)(H,38,42)(H,39,43). The van der Waals surface area contributed by atoms with Crippen LogP contribution in [0, 0.1) is 23.4 Å². The van der Waals surface area contributed by atoms with E-state index in [-0.39, 0.29) is 36.2 Å². The monoisotopic (exact) mass is 627 g/mol. The average Bonchev–Trinajstić information content (AvgIpc) is 3.69. The molecule has 0 aliphatic heterocycles. The number of benzene rings is 1. The molecule has 4 rings (SSSR count). The van der Waals surface area contributed by atoms with Crippen LogP contribution in [0.25, 0.3) is 16.7 Å². The van der Waals surface area contributed by atoms with Crippen molar-refractivity contribution in [2.75, 3.05) is 11.9 Å². The highest BCUT2D eigenvalue weighted by Crippen LogP contribution is 2.40. The highest BCUT2D eigenvalue weighted by molar-refractivity contribution is 5.97. The number of rotatable bonds is 8. The molecule has 44 heavy (non-hydrogen) atoms. The maximum absolute atomic E-state index is 15.0. The van der Waals surface area contributed by atoms with E-state index >= 15 is 0 Å². The molecule has 1 atom stereocenters. The minimum Gasteiger partial charge on any atom is -0.444 e. The Bertz CT molecular complexity index is 1640. The number of anilines is 1. The van der Waals surface area contributed by atoms with Gasteiger partial charge in [0.05, 0.1) is 10.9 Å². The minimum absolute atomic E-state index is 0.0503.